The smallest absolute Gasteiger partial charge is 0.329 e. The first-order valence-electron chi connectivity index (χ1n) is 7.67. The van der Waals surface area contributed by atoms with Crippen LogP contribution < -0.4 is 4.74 Å². The van der Waals surface area contributed by atoms with Crippen LogP contribution in [0.25, 0.3) is 0 Å². The van der Waals surface area contributed by atoms with Gasteiger partial charge in [0.1, 0.15) is 17.4 Å². The van der Waals surface area contributed by atoms with Crippen LogP contribution in [-0.4, -0.2) is 41.6 Å². The van der Waals surface area contributed by atoms with Crippen LogP contribution >= 0.6 is 11.6 Å². The first-order chi connectivity index (χ1) is 10.8. The molecule has 1 aromatic rings. The quantitative estimate of drug-likeness (QED) is 0.791. The van der Waals surface area contributed by atoms with E-state index in [0.29, 0.717) is 23.7 Å². The van der Waals surface area contributed by atoms with Crippen molar-refractivity contribution < 1.29 is 19.1 Å². The molecule has 0 bridgehead atoms. The Kier molecular flexibility index (Phi) is 5.52. The fraction of sp³-hybridized carbons (Fsp3) is 0.529. The summed E-state index contributed by atoms with van der Waals surface area (Å²) in [6.45, 7) is 5.86. The minimum atomic E-state index is -0.564. The maximum absolute atomic E-state index is 12.3. The molecule has 1 aromatic carbocycles. The van der Waals surface area contributed by atoms with Crippen molar-refractivity contribution in [1.29, 1.82) is 0 Å². The largest absolute Gasteiger partial charge is 0.484 e. The number of likely N-dealkylation sites (tertiary alicyclic amines) is 1. The molecule has 0 saturated carbocycles. The van der Waals surface area contributed by atoms with Gasteiger partial charge in [0.2, 0.25) is 0 Å². The number of hydrogen-bond donors (Lipinski definition) is 0. The lowest BCUT2D eigenvalue weighted by Gasteiger charge is -2.27. The van der Waals surface area contributed by atoms with E-state index in [1.54, 1.807) is 29.2 Å². The van der Waals surface area contributed by atoms with Crippen LogP contribution in [0.2, 0.25) is 5.02 Å². The van der Waals surface area contributed by atoms with Crippen molar-refractivity contribution in [2.24, 2.45) is 0 Å². The Balaban J connectivity index is 1.94. The van der Waals surface area contributed by atoms with Crippen LogP contribution in [-0.2, 0) is 14.3 Å². The number of amides is 1. The van der Waals surface area contributed by atoms with Crippen molar-refractivity contribution in [3.05, 3.63) is 29.3 Å². The van der Waals surface area contributed by atoms with E-state index in [4.69, 9.17) is 21.1 Å². The van der Waals surface area contributed by atoms with Crippen molar-refractivity contribution in [3.8, 4) is 5.75 Å². The molecule has 23 heavy (non-hydrogen) atoms. The zero-order valence-corrected chi connectivity index (χ0v) is 14.4. The number of hydrogen-bond acceptors (Lipinski definition) is 4. The Hall–Kier alpha value is -1.75. The first-order valence-corrected chi connectivity index (χ1v) is 8.05. The topological polar surface area (TPSA) is 55.8 Å². The van der Waals surface area contributed by atoms with Crippen LogP contribution in [0.3, 0.4) is 0 Å². The van der Waals surface area contributed by atoms with E-state index in [9.17, 15) is 9.59 Å². The second kappa shape index (κ2) is 7.21. The van der Waals surface area contributed by atoms with Crippen LogP contribution in [0.15, 0.2) is 24.3 Å². The Morgan fingerprint density at radius 1 is 1.35 bits per heavy atom. The van der Waals surface area contributed by atoms with Gasteiger partial charge in [-0.05, 0) is 51.8 Å². The van der Waals surface area contributed by atoms with Gasteiger partial charge in [-0.1, -0.05) is 17.7 Å². The molecule has 1 atom stereocenters. The van der Waals surface area contributed by atoms with E-state index < -0.39 is 11.6 Å². The number of carbonyl (C=O) groups is 2. The minimum Gasteiger partial charge on any atom is -0.484 e. The lowest BCUT2D eigenvalue weighted by Crippen LogP contribution is -2.45. The summed E-state index contributed by atoms with van der Waals surface area (Å²) in [6, 6.07) is 6.33. The van der Waals surface area contributed by atoms with Gasteiger partial charge in [0.15, 0.2) is 6.61 Å². The second-order valence-corrected chi connectivity index (χ2v) is 6.96. The third-order valence-corrected chi connectivity index (χ3v) is 3.65. The second-order valence-electron chi connectivity index (χ2n) is 6.52. The summed E-state index contributed by atoms with van der Waals surface area (Å²) in [5.41, 5.74) is -0.564. The van der Waals surface area contributed by atoms with Crippen molar-refractivity contribution in [2.75, 3.05) is 13.2 Å². The maximum Gasteiger partial charge on any atom is 0.329 e. The molecule has 0 N–H and O–H groups in total. The third kappa shape index (κ3) is 5.13. The Morgan fingerprint density at radius 3 is 2.74 bits per heavy atom. The molecule has 0 radical (unpaired) electrons. The molecule has 6 heteroatoms. The molecule has 5 nitrogen and oxygen atoms in total. The monoisotopic (exact) mass is 339 g/mol. The van der Waals surface area contributed by atoms with E-state index in [0.717, 1.165) is 6.42 Å². The van der Waals surface area contributed by atoms with Crippen molar-refractivity contribution >= 4 is 23.5 Å². The van der Waals surface area contributed by atoms with Crippen LogP contribution in [0.1, 0.15) is 33.6 Å². The standard InChI is InChI=1S/C17H22ClNO4/c1-17(2,3)23-16(21)14-8-5-9-19(14)15(20)11-22-13-7-4-6-12(18)10-13/h4,6-7,10,14H,5,8-9,11H2,1-3H3/t14-/m1/s1. The van der Waals surface area contributed by atoms with Gasteiger partial charge in [-0.3, -0.25) is 4.79 Å². The minimum absolute atomic E-state index is 0.125. The normalized spacial score (nSPS) is 17.9. The van der Waals surface area contributed by atoms with E-state index >= 15 is 0 Å². The Labute approximate surface area is 141 Å². The molecule has 0 aromatic heterocycles. The number of carbonyl (C=O) groups excluding carboxylic acids is 2. The average Bonchev–Trinajstić information content (AvgIpc) is 2.92. The molecule has 1 aliphatic rings. The van der Waals surface area contributed by atoms with Gasteiger partial charge >= 0.3 is 5.97 Å². The van der Waals surface area contributed by atoms with Gasteiger partial charge < -0.3 is 14.4 Å². The highest BCUT2D eigenvalue weighted by atomic mass is 35.5. The molecule has 1 fully saturated rings. The van der Waals surface area contributed by atoms with Crippen molar-refractivity contribution in [3.63, 3.8) is 0 Å². The zero-order valence-electron chi connectivity index (χ0n) is 13.7. The average molecular weight is 340 g/mol. The molecule has 1 aliphatic heterocycles. The summed E-state index contributed by atoms with van der Waals surface area (Å²) in [5, 5.41) is 0.544. The molecule has 126 valence electrons. The van der Waals surface area contributed by atoms with Crippen molar-refractivity contribution in [1.82, 2.24) is 4.90 Å². The van der Waals surface area contributed by atoms with Crippen LogP contribution in [0, 0.1) is 0 Å². The number of esters is 1. The highest BCUT2D eigenvalue weighted by molar-refractivity contribution is 6.30. The molecule has 2 rings (SSSR count). The first kappa shape index (κ1) is 17.6. The summed E-state index contributed by atoms with van der Waals surface area (Å²) < 4.78 is 10.9. The maximum atomic E-state index is 12.3. The lowest BCUT2D eigenvalue weighted by atomic mass is 10.1. The SMILES string of the molecule is CC(C)(C)OC(=O)[C@H]1CCCN1C(=O)COc1cccc(Cl)c1. The molecule has 0 spiro atoms. The van der Waals surface area contributed by atoms with Crippen LogP contribution in [0.4, 0.5) is 0 Å². The molecular weight excluding hydrogens is 318 g/mol. The predicted octanol–water partition coefficient (Wildman–Crippen LogP) is 3.05. The van der Waals surface area contributed by atoms with Gasteiger partial charge in [0.25, 0.3) is 5.91 Å². The third-order valence-electron chi connectivity index (χ3n) is 3.41. The lowest BCUT2D eigenvalue weighted by molar-refractivity contribution is -0.163. The van der Waals surface area contributed by atoms with E-state index in [-0.39, 0.29) is 18.5 Å². The summed E-state index contributed by atoms with van der Waals surface area (Å²) in [5.74, 6) is -0.0525. The number of nitrogens with zero attached hydrogens (tertiary/aromatic N) is 1. The van der Waals surface area contributed by atoms with E-state index in [1.807, 2.05) is 20.8 Å². The number of benzene rings is 1. The highest BCUT2D eigenvalue weighted by Gasteiger charge is 2.36. The van der Waals surface area contributed by atoms with Gasteiger partial charge in [-0.2, -0.15) is 0 Å². The zero-order chi connectivity index (χ0) is 17.0. The fourth-order valence-electron chi connectivity index (χ4n) is 2.46. The molecule has 0 aliphatic carbocycles. The molecular formula is C17H22ClNO4. The Bertz CT molecular complexity index is 582. The van der Waals surface area contributed by atoms with Crippen molar-refractivity contribution in [2.45, 2.75) is 45.3 Å². The molecule has 1 saturated heterocycles. The van der Waals surface area contributed by atoms with E-state index in [1.165, 1.54) is 0 Å². The summed E-state index contributed by atoms with van der Waals surface area (Å²) in [4.78, 5) is 26.1. The number of rotatable bonds is 4. The van der Waals surface area contributed by atoms with Gasteiger partial charge in [-0.25, -0.2) is 4.79 Å². The van der Waals surface area contributed by atoms with Crippen LogP contribution in [0.5, 0.6) is 5.75 Å². The highest BCUT2D eigenvalue weighted by Crippen LogP contribution is 2.22. The summed E-state index contributed by atoms with van der Waals surface area (Å²) >= 11 is 5.88. The molecule has 1 heterocycles. The predicted molar refractivity (Wildman–Crippen MR) is 87.5 cm³/mol. The van der Waals surface area contributed by atoms with Gasteiger partial charge in [-0.15, -0.1) is 0 Å². The summed E-state index contributed by atoms with van der Waals surface area (Å²) in [7, 11) is 0. The number of ether oxygens (including phenoxy) is 2. The molecule has 1 amide bonds. The van der Waals surface area contributed by atoms with Gasteiger partial charge in [0, 0.05) is 11.6 Å². The Morgan fingerprint density at radius 2 is 2.09 bits per heavy atom. The molecule has 0 unspecified atom stereocenters. The number of halogens is 1. The fourth-order valence-corrected chi connectivity index (χ4v) is 2.65. The summed E-state index contributed by atoms with van der Waals surface area (Å²) in [6.07, 6.45) is 1.41. The van der Waals surface area contributed by atoms with E-state index in [2.05, 4.69) is 0 Å². The van der Waals surface area contributed by atoms with Gasteiger partial charge in [0.05, 0.1) is 0 Å².